The van der Waals surface area contributed by atoms with Gasteiger partial charge >= 0.3 is 18.1 Å². The third kappa shape index (κ3) is 13.2. The summed E-state index contributed by atoms with van der Waals surface area (Å²) >= 11 is 0. The Balaban J connectivity index is 0.000000148. The molecule has 0 bridgehead atoms. The number of amides is 8. The van der Waals surface area contributed by atoms with Gasteiger partial charge in [-0.05, 0) is 223 Å². The number of carbonyl (C=O) groups is 5. The topological polar surface area (TPSA) is 169 Å². The van der Waals surface area contributed by atoms with Crippen LogP contribution in [0.2, 0.25) is 0 Å². The fraction of sp³-hybridized carbons (Fsp3) is 0.551. The standard InChI is InChI=1S/C31H41N3O4.C24H29N3O3.C23H35N3O2/c1-32(2)30(25-9-6-5-7-10-25)17-19-31(20-18-30)27(35)33(23-24-11-13-26(37-3)14-12-24)28(36)34(31)22-21-29(38-4)15-8-16-29;1-26(2)24(19-7-5-4-6-8-19)15-13-23(14-16-24)21(28)27(22(29)25-23)17-18-9-11-20(30-3)12-10-18;1-25(2)23(19-8-5-4-6-9-19)14-12-21(13-15-23)18-24-20(27)26(21)17-16-22(28-3)10-7-11-22/h5-7,9-14H,8,15-23H2,1-4H3;4-12H,13-17H2,1-3H3,(H,25,29);4-6,8-9H,7,10-18H2,1-3H3,(H,24,27). The number of imide groups is 2. The largest absolute Gasteiger partial charge is 0.497 e. The quantitative estimate of drug-likeness (QED) is 0.0709. The van der Waals surface area contributed by atoms with Gasteiger partial charge in [-0.15, -0.1) is 0 Å². The van der Waals surface area contributed by atoms with Gasteiger partial charge < -0.3 is 39.4 Å². The Morgan fingerprint density at radius 1 is 0.417 bits per heavy atom. The van der Waals surface area contributed by atoms with Crippen molar-refractivity contribution in [1.29, 1.82) is 0 Å². The fourth-order valence-corrected chi connectivity index (χ4v) is 17.5. The number of methoxy groups -OCH3 is 4. The predicted molar refractivity (Wildman–Crippen MR) is 373 cm³/mol. The lowest BCUT2D eigenvalue weighted by atomic mass is 9.67. The van der Waals surface area contributed by atoms with Crippen LogP contribution in [0, 0.1) is 0 Å². The zero-order valence-electron chi connectivity index (χ0n) is 58.8. The van der Waals surface area contributed by atoms with Crippen molar-refractivity contribution < 1.29 is 42.9 Å². The Labute approximate surface area is 570 Å². The maximum Gasteiger partial charge on any atom is 0.327 e. The maximum absolute atomic E-state index is 14.2. The van der Waals surface area contributed by atoms with Crippen molar-refractivity contribution in [1.82, 2.24) is 44.9 Å². The van der Waals surface area contributed by atoms with Crippen LogP contribution in [-0.2, 0) is 48.8 Å². The molecule has 3 heterocycles. The van der Waals surface area contributed by atoms with Gasteiger partial charge in [0.2, 0.25) is 0 Å². The van der Waals surface area contributed by atoms with E-state index in [2.05, 4.69) is 151 Å². The van der Waals surface area contributed by atoms with E-state index in [4.69, 9.17) is 18.9 Å². The van der Waals surface area contributed by atoms with Crippen molar-refractivity contribution in [3.8, 4) is 11.5 Å². The summed E-state index contributed by atoms with van der Waals surface area (Å²) in [6.07, 6.45) is 18.4. The summed E-state index contributed by atoms with van der Waals surface area (Å²) < 4.78 is 22.2. The van der Waals surface area contributed by atoms with Crippen molar-refractivity contribution in [2.75, 3.05) is 90.4 Å². The van der Waals surface area contributed by atoms with Gasteiger partial charge in [0.1, 0.15) is 22.6 Å². The Morgan fingerprint density at radius 3 is 1.18 bits per heavy atom. The lowest BCUT2D eigenvalue weighted by Crippen LogP contribution is -2.58. The summed E-state index contributed by atoms with van der Waals surface area (Å²) in [7, 11) is 19.7. The number of benzene rings is 5. The van der Waals surface area contributed by atoms with Gasteiger partial charge in [-0.2, -0.15) is 0 Å². The highest BCUT2D eigenvalue weighted by molar-refractivity contribution is 6.08. The first-order chi connectivity index (χ1) is 46.1. The Morgan fingerprint density at radius 2 is 0.802 bits per heavy atom. The Bertz CT molecular complexity index is 3450. The van der Waals surface area contributed by atoms with Gasteiger partial charge in [0.15, 0.2) is 0 Å². The molecule has 18 heteroatoms. The van der Waals surface area contributed by atoms with Gasteiger partial charge in [0.25, 0.3) is 11.8 Å². The van der Waals surface area contributed by atoms with E-state index in [1.165, 1.54) is 32.9 Å². The van der Waals surface area contributed by atoms with Crippen LogP contribution in [0.1, 0.15) is 156 Å². The maximum atomic E-state index is 14.2. The van der Waals surface area contributed by atoms with Crippen LogP contribution < -0.4 is 20.1 Å². The van der Waals surface area contributed by atoms with Crippen molar-refractivity contribution >= 4 is 29.9 Å². The molecule has 5 aliphatic carbocycles. The van der Waals surface area contributed by atoms with E-state index in [-0.39, 0.29) is 76.4 Å². The monoisotopic (exact) mass is 1310 g/mol. The molecule has 5 aromatic rings. The van der Waals surface area contributed by atoms with Gasteiger partial charge in [-0.25, -0.2) is 14.4 Å². The minimum absolute atomic E-state index is 0.0101. The normalized spacial score (nSPS) is 28.1. The zero-order valence-corrected chi connectivity index (χ0v) is 58.8. The summed E-state index contributed by atoms with van der Waals surface area (Å²) in [5.74, 6) is 1.34. The van der Waals surface area contributed by atoms with Crippen LogP contribution in [0.15, 0.2) is 140 Å². The molecule has 2 N–H and O–H groups in total. The molecule has 0 atom stereocenters. The summed E-state index contributed by atoms with van der Waals surface area (Å²) in [5, 5.41) is 6.18. The molecule has 3 saturated heterocycles. The molecule has 3 spiro atoms. The molecule has 8 amide bonds. The Hall–Kier alpha value is -7.35. The van der Waals surface area contributed by atoms with Crippen molar-refractivity contribution in [2.45, 2.75) is 186 Å². The molecule has 0 aromatic heterocycles. The number of nitrogens with zero attached hydrogens (tertiary/aromatic N) is 7. The highest BCUT2D eigenvalue weighted by Gasteiger charge is 2.61. The van der Waals surface area contributed by atoms with E-state index in [0.717, 1.165) is 132 Å². The number of hydrogen-bond acceptors (Lipinski definition) is 12. The second kappa shape index (κ2) is 28.6. The highest BCUT2D eigenvalue weighted by atomic mass is 16.5. The smallest absolute Gasteiger partial charge is 0.327 e. The zero-order chi connectivity index (χ0) is 68.2. The fourth-order valence-electron chi connectivity index (χ4n) is 17.5. The minimum atomic E-state index is -0.809. The number of nitrogens with one attached hydrogen (secondary N) is 2. The predicted octanol–water partition coefficient (Wildman–Crippen LogP) is 12.4. The molecule has 3 aliphatic heterocycles. The molecule has 8 fully saturated rings. The van der Waals surface area contributed by atoms with Crippen LogP contribution in [0.5, 0.6) is 11.5 Å². The molecule has 96 heavy (non-hydrogen) atoms. The minimum Gasteiger partial charge on any atom is -0.497 e. The second-order valence-corrected chi connectivity index (χ2v) is 29.3. The highest BCUT2D eigenvalue weighted by Crippen LogP contribution is 2.53. The average molecular weight is 1310 g/mol. The van der Waals surface area contributed by atoms with E-state index >= 15 is 0 Å². The number of carbonyl (C=O) groups excluding carboxylic acids is 5. The molecule has 516 valence electrons. The number of hydrogen-bond donors (Lipinski definition) is 2. The van der Waals surface area contributed by atoms with Gasteiger partial charge in [-0.3, -0.25) is 34.1 Å². The molecule has 5 saturated carbocycles. The van der Waals surface area contributed by atoms with E-state index in [0.29, 0.717) is 32.2 Å². The molecular weight excluding hydrogens is 1210 g/mol. The summed E-state index contributed by atoms with van der Waals surface area (Å²) in [5.41, 5.74) is 3.72. The molecule has 13 rings (SSSR count). The summed E-state index contributed by atoms with van der Waals surface area (Å²) in [4.78, 5) is 80.7. The summed E-state index contributed by atoms with van der Waals surface area (Å²) in [6, 6.07) is 46.6. The van der Waals surface area contributed by atoms with E-state index in [1.54, 1.807) is 21.3 Å². The number of urea groups is 3. The van der Waals surface area contributed by atoms with Crippen molar-refractivity contribution in [2.24, 2.45) is 0 Å². The third-order valence-corrected chi connectivity index (χ3v) is 24.6. The van der Waals surface area contributed by atoms with Gasteiger partial charge in [-0.1, -0.05) is 115 Å². The van der Waals surface area contributed by atoms with Gasteiger partial charge in [0, 0.05) is 50.5 Å². The second-order valence-electron chi connectivity index (χ2n) is 29.3. The molecule has 0 unspecified atom stereocenters. The van der Waals surface area contributed by atoms with E-state index < -0.39 is 11.1 Å². The SMILES string of the molecule is COC1(CCN2C(=O)NCC23CCC(c2ccccc2)(N(C)C)CC3)CCC1.COc1ccc(CN2C(=O)N(CCC3(OC)CCC3)C3(CCC(c4ccccc4)(N(C)C)CC3)C2=O)cc1.COc1ccc(CN2C(=O)NC3(CCC(c4ccccc4)(N(C)C)CC3)C2=O)cc1. The van der Waals surface area contributed by atoms with Crippen molar-refractivity contribution in [3.05, 3.63) is 167 Å². The molecule has 0 radical (unpaired) electrons. The molecular formula is C78H105N9O9. The third-order valence-electron chi connectivity index (χ3n) is 24.6. The molecule has 5 aromatic carbocycles. The van der Waals surface area contributed by atoms with Crippen LogP contribution in [-0.4, -0.2) is 182 Å². The number of ether oxygens (including phenoxy) is 4. The first-order valence-corrected chi connectivity index (χ1v) is 35.0. The van der Waals surface area contributed by atoms with Crippen LogP contribution >= 0.6 is 0 Å². The lowest BCUT2D eigenvalue weighted by molar-refractivity contribution is -0.138. The average Bonchev–Trinajstić information content (AvgIpc) is 1.53. The van der Waals surface area contributed by atoms with Gasteiger partial charge in [0.05, 0.1) is 44.1 Å². The Kier molecular flexibility index (Phi) is 20.9. The van der Waals surface area contributed by atoms with Crippen LogP contribution in [0.3, 0.4) is 0 Å². The van der Waals surface area contributed by atoms with Crippen molar-refractivity contribution in [3.63, 3.8) is 0 Å². The molecule has 18 nitrogen and oxygen atoms in total. The van der Waals surface area contributed by atoms with E-state index in [1.807, 2.05) is 72.7 Å². The number of rotatable bonds is 20. The van der Waals surface area contributed by atoms with Crippen LogP contribution in [0.4, 0.5) is 14.4 Å². The summed E-state index contributed by atoms with van der Waals surface area (Å²) in [6.45, 7) is 2.67. The molecule has 8 aliphatic rings. The van der Waals surface area contributed by atoms with Crippen LogP contribution in [0.25, 0.3) is 0 Å². The lowest BCUT2D eigenvalue weighted by Gasteiger charge is -2.51. The first-order valence-electron chi connectivity index (χ1n) is 35.0. The first kappa shape index (κ1) is 70.0. The van der Waals surface area contributed by atoms with E-state index in [9.17, 15) is 24.0 Å².